The van der Waals surface area contributed by atoms with Gasteiger partial charge in [0.2, 0.25) is 5.91 Å². The molecule has 2 saturated carbocycles. The number of carboxylic acid groups (broad SMARTS) is 1. The minimum atomic E-state index is -0.739. The number of hydrogen-bond acceptors (Lipinski definition) is 6. The molecule has 0 bridgehead atoms. The van der Waals surface area contributed by atoms with Crippen LogP contribution in [0.1, 0.15) is 73.7 Å². The maximum atomic E-state index is 15.5. The summed E-state index contributed by atoms with van der Waals surface area (Å²) >= 11 is 8.00. The maximum Gasteiger partial charge on any atom is 0.306 e. The molecule has 3 aromatic rings. The van der Waals surface area contributed by atoms with Gasteiger partial charge in [-0.3, -0.25) is 19.3 Å². The Labute approximate surface area is 276 Å². The molecule has 4 fully saturated rings. The summed E-state index contributed by atoms with van der Waals surface area (Å²) in [6.07, 6.45) is 7.38. The fourth-order valence-electron chi connectivity index (χ4n) is 7.66. The molecule has 1 unspecified atom stereocenters. The van der Waals surface area contributed by atoms with Crippen LogP contribution >= 0.6 is 22.9 Å². The van der Waals surface area contributed by atoms with Gasteiger partial charge in [-0.2, -0.15) is 0 Å². The molecule has 7 rings (SSSR count). The molecule has 1 spiro atoms. The fourth-order valence-corrected chi connectivity index (χ4v) is 8.84. The quantitative estimate of drug-likeness (QED) is 0.256. The number of amides is 2. The lowest BCUT2D eigenvalue weighted by molar-refractivity contribution is -0.157. The first kappa shape index (κ1) is 31.5. The van der Waals surface area contributed by atoms with Crippen LogP contribution in [0.15, 0.2) is 41.8 Å². The van der Waals surface area contributed by atoms with Crippen molar-refractivity contribution in [3.05, 3.63) is 63.7 Å². The first-order valence-corrected chi connectivity index (χ1v) is 17.6. The molecule has 2 aliphatic carbocycles. The van der Waals surface area contributed by atoms with Gasteiger partial charge in [0.1, 0.15) is 12.0 Å². The zero-order valence-corrected chi connectivity index (χ0v) is 27.3. The van der Waals surface area contributed by atoms with Crippen molar-refractivity contribution in [3.8, 4) is 0 Å². The molecular weight excluding hydrogens is 629 g/mol. The van der Waals surface area contributed by atoms with Crippen molar-refractivity contribution in [1.29, 1.82) is 0 Å². The Morgan fingerprint density at radius 1 is 1.09 bits per heavy atom. The summed E-state index contributed by atoms with van der Waals surface area (Å²) in [5, 5.41) is 14.9. The van der Waals surface area contributed by atoms with Crippen molar-refractivity contribution in [2.75, 3.05) is 25.0 Å². The van der Waals surface area contributed by atoms with Crippen molar-refractivity contribution in [3.63, 3.8) is 0 Å². The number of hydrogen-bond donors (Lipinski definition) is 2. The van der Waals surface area contributed by atoms with E-state index in [1.54, 1.807) is 5.38 Å². The molecule has 2 aromatic carbocycles. The third kappa shape index (κ3) is 6.41. The Morgan fingerprint density at radius 3 is 2.61 bits per heavy atom. The van der Waals surface area contributed by atoms with Crippen LogP contribution in [0.25, 0.3) is 10.1 Å². The van der Waals surface area contributed by atoms with E-state index >= 15 is 4.39 Å². The Bertz CT molecular complexity index is 1650. The average molecular weight is 668 g/mol. The Morgan fingerprint density at radius 2 is 1.87 bits per heavy atom. The molecule has 2 amide bonds. The number of fused-ring (bicyclic) bond motifs is 1. The van der Waals surface area contributed by atoms with Gasteiger partial charge in [-0.1, -0.05) is 29.8 Å². The lowest BCUT2D eigenvalue weighted by atomic mass is 9.87. The first-order valence-electron chi connectivity index (χ1n) is 16.4. The number of anilines is 1. The molecule has 2 N–H and O–H groups in total. The van der Waals surface area contributed by atoms with Crippen molar-refractivity contribution < 1.29 is 28.6 Å². The summed E-state index contributed by atoms with van der Waals surface area (Å²) < 4.78 is 23.2. The highest BCUT2D eigenvalue weighted by atomic mass is 35.5. The van der Waals surface area contributed by atoms with E-state index in [4.69, 9.17) is 16.3 Å². The number of carbonyl (C=O) groups is 3. The van der Waals surface area contributed by atoms with Crippen molar-refractivity contribution in [2.24, 2.45) is 11.3 Å². The van der Waals surface area contributed by atoms with E-state index < -0.39 is 11.8 Å². The second-order valence-corrected chi connectivity index (χ2v) is 14.9. The molecule has 11 heteroatoms. The molecule has 4 aliphatic rings. The van der Waals surface area contributed by atoms with Crippen molar-refractivity contribution in [1.82, 2.24) is 9.80 Å². The third-order valence-corrected chi connectivity index (χ3v) is 11.8. The van der Waals surface area contributed by atoms with Crippen LogP contribution in [0, 0.1) is 17.2 Å². The number of likely N-dealkylation sites (tertiary alicyclic amines) is 2. The molecule has 1 aromatic heterocycles. The van der Waals surface area contributed by atoms with Crippen molar-refractivity contribution in [2.45, 2.75) is 82.6 Å². The molecular formula is C35H39ClFN3O5S. The summed E-state index contributed by atoms with van der Waals surface area (Å²) in [5.74, 6) is -2.21. The predicted molar refractivity (Wildman–Crippen MR) is 176 cm³/mol. The van der Waals surface area contributed by atoms with Gasteiger partial charge in [0.25, 0.3) is 5.91 Å². The van der Waals surface area contributed by atoms with Gasteiger partial charge in [0, 0.05) is 35.1 Å². The zero-order valence-electron chi connectivity index (χ0n) is 25.7. The number of halogens is 2. The molecule has 3 heterocycles. The van der Waals surface area contributed by atoms with Crippen LogP contribution in [0.5, 0.6) is 0 Å². The highest BCUT2D eigenvalue weighted by Crippen LogP contribution is 2.53. The van der Waals surface area contributed by atoms with Crippen LogP contribution in [-0.2, 0) is 20.7 Å². The highest BCUT2D eigenvalue weighted by Gasteiger charge is 2.51. The zero-order chi connectivity index (χ0) is 32.0. The van der Waals surface area contributed by atoms with Crippen LogP contribution in [0.3, 0.4) is 0 Å². The largest absolute Gasteiger partial charge is 0.481 e. The minimum Gasteiger partial charge on any atom is -0.481 e. The fraction of sp³-hybridized carbons (Fsp3) is 0.514. The van der Waals surface area contributed by atoms with Gasteiger partial charge >= 0.3 is 5.97 Å². The minimum absolute atomic E-state index is 0.0417. The van der Waals surface area contributed by atoms with E-state index in [0.717, 1.165) is 42.4 Å². The maximum absolute atomic E-state index is 15.5. The van der Waals surface area contributed by atoms with Gasteiger partial charge in [0.15, 0.2) is 0 Å². The van der Waals surface area contributed by atoms with E-state index in [2.05, 4.69) is 10.2 Å². The van der Waals surface area contributed by atoms with Gasteiger partial charge in [-0.25, -0.2) is 4.39 Å². The van der Waals surface area contributed by atoms with Crippen LogP contribution in [0.2, 0.25) is 5.02 Å². The summed E-state index contributed by atoms with van der Waals surface area (Å²) in [5.41, 5.74) is 1.21. The number of nitrogens with one attached hydrogen (secondary N) is 1. The molecule has 244 valence electrons. The average Bonchev–Trinajstić information content (AvgIpc) is 3.38. The Balaban J connectivity index is 1.04. The van der Waals surface area contributed by atoms with Crippen molar-refractivity contribution >= 4 is 56.5 Å². The summed E-state index contributed by atoms with van der Waals surface area (Å²) in [4.78, 5) is 42.6. The van der Waals surface area contributed by atoms with E-state index in [9.17, 15) is 19.5 Å². The number of ether oxygens (including phenoxy) is 1. The number of benzene rings is 2. The lowest BCUT2D eigenvalue weighted by Gasteiger charge is -2.40. The number of carboxylic acids is 1. The SMILES string of the molecule is O=C(Nc1cc(F)c(CC(=O)N2CCC[C@H]2C(OC2CCC(C(=O)O)CC2)N2CCC3(CC3)C2)cc1Cl)c1csc2ccccc12. The normalized spacial score (nSPS) is 24.8. The molecule has 46 heavy (non-hydrogen) atoms. The number of aliphatic carboxylic acids is 1. The first-order chi connectivity index (χ1) is 22.2. The van der Waals surface area contributed by atoms with Gasteiger partial charge in [-0.15, -0.1) is 11.3 Å². The van der Waals surface area contributed by atoms with Crippen LogP contribution in [0.4, 0.5) is 10.1 Å². The second kappa shape index (κ2) is 12.9. The van der Waals surface area contributed by atoms with E-state index in [1.165, 1.54) is 36.3 Å². The monoisotopic (exact) mass is 667 g/mol. The molecule has 2 saturated heterocycles. The van der Waals surface area contributed by atoms with E-state index in [0.29, 0.717) is 43.2 Å². The van der Waals surface area contributed by atoms with Gasteiger partial charge in [-0.05, 0) is 87.0 Å². The molecule has 8 nitrogen and oxygen atoms in total. The number of thiophene rings is 1. The summed E-state index contributed by atoms with van der Waals surface area (Å²) in [7, 11) is 0. The summed E-state index contributed by atoms with van der Waals surface area (Å²) in [6, 6.07) is 10.1. The van der Waals surface area contributed by atoms with Crippen LogP contribution < -0.4 is 5.32 Å². The smallest absolute Gasteiger partial charge is 0.306 e. The highest BCUT2D eigenvalue weighted by molar-refractivity contribution is 7.17. The molecule has 2 aliphatic heterocycles. The standard InChI is InChI=1S/C35H39ClFN3O5S/c36-26-16-22(27(37)18-28(26)38-32(42)25-19-46-30-6-2-1-4-24(25)30)17-31(41)40-14-3-5-29(40)33(39-15-13-35(20-39)11-12-35)45-23-9-7-21(8-10-23)34(43)44/h1-2,4,6,16,18-19,21,23,29,33H,3,5,7-15,17,20H2,(H,38,42)(H,43,44)/t21?,23?,29-,33?/m0/s1. The van der Waals surface area contributed by atoms with E-state index in [-0.39, 0.29) is 58.8 Å². The Hall–Kier alpha value is -3.05. The summed E-state index contributed by atoms with van der Waals surface area (Å²) in [6.45, 7) is 2.46. The third-order valence-electron chi connectivity index (χ3n) is 10.5. The molecule has 2 atom stereocenters. The van der Waals surface area contributed by atoms with Crippen LogP contribution in [-0.4, -0.2) is 70.7 Å². The number of rotatable bonds is 9. The van der Waals surface area contributed by atoms with Gasteiger partial charge < -0.3 is 20.1 Å². The number of carbonyl (C=O) groups excluding carboxylic acids is 2. The lowest BCUT2D eigenvalue weighted by Crippen LogP contribution is -2.53. The second-order valence-electron chi connectivity index (χ2n) is 13.6. The number of nitrogens with zero attached hydrogens (tertiary/aromatic N) is 2. The molecule has 0 radical (unpaired) electrons. The Kier molecular flexibility index (Phi) is 8.82. The van der Waals surface area contributed by atoms with Gasteiger partial charge in [0.05, 0.1) is 40.8 Å². The topological polar surface area (TPSA) is 99.2 Å². The van der Waals surface area contributed by atoms with E-state index in [1.807, 2.05) is 29.2 Å². The predicted octanol–water partition coefficient (Wildman–Crippen LogP) is 6.95.